The molecule has 2 aromatic rings. The van der Waals surface area contributed by atoms with E-state index in [0.717, 1.165) is 12.5 Å². The Morgan fingerprint density at radius 2 is 2.05 bits per heavy atom. The molecule has 0 amide bonds. The van der Waals surface area contributed by atoms with Gasteiger partial charge in [0.15, 0.2) is 11.5 Å². The van der Waals surface area contributed by atoms with Gasteiger partial charge in [0.1, 0.15) is 5.52 Å². The van der Waals surface area contributed by atoms with Gasteiger partial charge in [0.2, 0.25) is 0 Å². The normalized spacial score (nSPS) is 12.9. The third-order valence-electron chi connectivity index (χ3n) is 3.19. The van der Waals surface area contributed by atoms with E-state index in [1.807, 2.05) is 13.8 Å². The minimum atomic E-state index is -4.47. The first-order valence-electron chi connectivity index (χ1n) is 6.44. The van der Waals surface area contributed by atoms with Crippen molar-refractivity contribution in [2.75, 3.05) is 17.7 Å². The van der Waals surface area contributed by atoms with Gasteiger partial charge in [-0.05, 0) is 11.8 Å². The summed E-state index contributed by atoms with van der Waals surface area (Å²) in [7, 11) is 0. The fraction of sp³-hybridized carbons (Fsp3) is 0.538. The van der Waals surface area contributed by atoms with Crippen molar-refractivity contribution in [3.63, 3.8) is 0 Å². The van der Waals surface area contributed by atoms with Crippen LogP contribution in [0.15, 0.2) is 18.5 Å². The van der Waals surface area contributed by atoms with Crippen molar-refractivity contribution in [2.45, 2.75) is 26.4 Å². The molecular formula is C13H16ClF3N4. The highest BCUT2D eigenvalue weighted by Gasteiger charge is 2.34. The number of halogens is 4. The first kappa shape index (κ1) is 15.9. The molecule has 21 heavy (non-hydrogen) atoms. The van der Waals surface area contributed by atoms with Gasteiger partial charge < -0.3 is 5.32 Å². The SMILES string of the molecule is CC(C)(CCCl)CNc1nccn2nc(C(F)(F)F)cc12. The second kappa shape index (κ2) is 5.71. The van der Waals surface area contributed by atoms with Gasteiger partial charge in [-0.1, -0.05) is 13.8 Å². The molecule has 0 saturated heterocycles. The predicted octanol–water partition coefficient (Wildman–Crippen LogP) is 3.82. The molecule has 8 heteroatoms. The average Bonchev–Trinajstić information content (AvgIpc) is 2.80. The average molecular weight is 321 g/mol. The van der Waals surface area contributed by atoms with Crippen LogP contribution in [0.5, 0.6) is 0 Å². The molecule has 4 nitrogen and oxygen atoms in total. The van der Waals surface area contributed by atoms with Crippen molar-refractivity contribution in [3.8, 4) is 0 Å². The van der Waals surface area contributed by atoms with Gasteiger partial charge in [-0.3, -0.25) is 0 Å². The van der Waals surface area contributed by atoms with Gasteiger partial charge >= 0.3 is 6.18 Å². The summed E-state index contributed by atoms with van der Waals surface area (Å²) >= 11 is 5.73. The number of aromatic nitrogens is 3. The van der Waals surface area contributed by atoms with Crippen LogP contribution in [0.4, 0.5) is 19.0 Å². The maximum absolute atomic E-state index is 12.7. The van der Waals surface area contributed by atoms with Crippen molar-refractivity contribution in [3.05, 3.63) is 24.2 Å². The van der Waals surface area contributed by atoms with Gasteiger partial charge in [-0.2, -0.15) is 18.3 Å². The van der Waals surface area contributed by atoms with E-state index in [9.17, 15) is 13.2 Å². The summed E-state index contributed by atoms with van der Waals surface area (Å²) in [6.45, 7) is 4.61. The molecule has 0 aromatic carbocycles. The zero-order valence-corrected chi connectivity index (χ0v) is 12.5. The standard InChI is InChI=1S/C13H16ClF3N4/c1-12(2,3-4-14)8-19-11-9-7-10(13(15,16)17)20-21(9)6-5-18-11/h5-7H,3-4,8H2,1-2H3,(H,18,19). The maximum Gasteiger partial charge on any atom is 0.435 e. The van der Waals surface area contributed by atoms with Gasteiger partial charge in [-0.25, -0.2) is 9.50 Å². The lowest BCUT2D eigenvalue weighted by Gasteiger charge is -2.24. The number of anilines is 1. The highest BCUT2D eigenvalue weighted by molar-refractivity contribution is 6.17. The van der Waals surface area contributed by atoms with E-state index in [1.165, 1.54) is 16.9 Å². The summed E-state index contributed by atoms with van der Waals surface area (Å²) in [4.78, 5) is 4.09. The Morgan fingerprint density at radius 3 is 2.67 bits per heavy atom. The van der Waals surface area contributed by atoms with Crippen LogP contribution in [0.2, 0.25) is 0 Å². The van der Waals surface area contributed by atoms with E-state index >= 15 is 0 Å². The van der Waals surface area contributed by atoms with Crippen LogP contribution in [-0.2, 0) is 6.18 Å². The van der Waals surface area contributed by atoms with Gasteiger partial charge in [-0.15, -0.1) is 11.6 Å². The highest BCUT2D eigenvalue weighted by Crippen LogP contribution is 2.30. The number of nitrogens with zero attached hydrogens (tertiary/aromatic N) is 3. The van der Waals surface area contributed by atoms with Gasteiger partial charge in [0.05, 0.1) is 0 Å². The van der Waals surface area contributed by atoms with E-state index in [2.05, 4.69) is 15.4 Å². The summed E-state index contributed by atoms with van der Waals surface area (Å²) in [6.07, 6.45) is -0.879. The molecule has 0 fully saturated rings. The topological polar surface area (TPSA) is 42.2 Å². The monoisotopic (exact) mass is 320 g/mol. The number of hydrogen-bond acceptors (Lipinski definition) is 3. The fourth-order valence-corrected chi connectivity index (χ4v) is 2.38. The van der Waals surface area contributed by atoms with Gasteiger partial charge in [0, 0.05) is 30.9 Å². The largest absolute Gasteiger partial charge is 0.435 e. The van der Waals surface area contributed by atoms with Crippen molar-refractivity contribution in [2.24, 2.45) is 5.41 Å². The summed E-state index contributed by atoms with van der Waals surface area (Å²) in [6, 6.07) is 0.990. The van der Waals surface area contributed by atoms with Crippen LogP contribution in [0.1, 0.15) is 26.0 Å². The lowest BCUT2D eigenvalue weighted by Crippen LogP contribution is -2.24. The zero-order valence-electron chi connectivity index (χ0n) is 11.7. The number of nitrogens with one attached hydrogen (secondary N) is 1. The molecule has 0 aliphatic rings. The summed E-state index contributed by atoms with van der Waals surface area (Å²) in [5, 5.41) is 6.60. The lowest BCUT2D eigenvalue weighted by molar-refractivity contribution is -0.141. The lowest BCUT2D eigenvalue weighted by atomic mass is 9.90. The quantitative estimate of drug-likeness (QED) is 0.852. The zero-order chi connectivity index (χ0) is 15.7. The maximum atomic E-state index is 12.7. The molecule has 1 N–H and O–H groups in total. The molecule has 0 aliphatic carbocycles. The van der Waals surface area contributed by atoms with Crippen LogP contribution in [0.25, 0.3) is 5.52 Å². The smallest absolute Gasteiger partial charge is 0.368 e. The molecule has 2 rings (SSSR count). The third kappa shape index (κ3) is 3.78. The van der Waals surface area contributed by atoms with Crippen LogP contribution >= 0.6 is 11.6 Å². The van der Waals surface area contributed by atoms with E-state index in [4.69, 9.17) is 11.6 Å². The van der Waals surface area contributed by atoms with E-state index < -0.39 is 11.9 Å². The molecule has 2 aromatic heterocycles. The second-order valence-corrected chi connectivity index (χ2v) is 5.97. The second-order valence-electron chi connectivity index (χ2n) is 5.59. The van der Waals surface area contributed by atoms with Crippen LogP contribution in [0.3, 0.4) is 0 Å². The number of hydrogen-bond donors (Lipinski definition) is 1. The molecule has 116 valence electrons. The minimum Gasteiger partial charge on any atom is -0.368 e. The number of fused-ring (bicyclic) bond motifs is 1. The first-order chi connectivity index (χ1) is 9.73. The highest BCUT2D eigenvalue weighted by atomic mass is 35.5. The Hall–Kier alpha value is -1.50. The Labute approximate surface area is 125 Å². The van der Waals surface area contributed by atoms with Gasteiger partial charge in [0.25, 0.3) is 0 Å². The molecule has 0 saturated carbocycles. The Bertz CT molecular complexity index is 621. The molecule has 2 heterocycles. The van der Waals surface area contributed by atoms with Crippen molar-refractivity contribution in [1.29, 1.82) is 0 Å². The Balaban J connectivity index is 2.26. The summed E-state index contributed by atoms with van der Waals surface area (Å²) < 4.78 is 39.3. The van der Waals surface area contributed by atoms with Crippen LogP contribution in [-0.4, -0.2) is 27.0 Å². The molecule has 0 bridgehead atoms. The van der Waals surface area contributed by atoms with E-state index in [0.29, 0.717) is 23.8 Å². The van der Waals surface area contributed by atoms with Crippen molar-refractivity contribution >= 4 is 22.9 Å². The molecule has 0 atom stereocenters. The molecule has 0 aliphatic heterocycles. The predicted molar refractivity (Wildman–Crippen MR) is 75.6 cm³/mol. The van der Waals surface area contributed by atoms with Crippen molar-refractivity contribution < 1.29 is 13.2 Å². The minimum absolute atomic E-state index is 0.0802. The molecule has 0 unspecified atom stereocenters. The summed E-state index contributed by atoms with van der Waals surface area (Å²) in [5.74, 6) is 0.903. The Kier molecular flexibility index (Phi) is 4.32. The van der Waals surface area contributed by atoms with Crippen molar-refractivity contribution in [1.82, 2.24) is 14.6 Å². The fourth-order valence-electron chi connectivity index (χ4n) is 1.86. The van der Waals surface area contributed by atoms with Crippen LogP contribution < -0.4 is 5.32 Å². The van der Waals surface area contributed by atoms with E-state index in [1.54, 1.807) is 0 Å². The molecule has 0 radical (unpaired) electrons. The van der Waals surface area contributed by atoms with E-state index in [-0.39, 0.29) is 5.41 Å². The summed E-state index contributed by atoms with van der Waals surface area (Å²) in [5.41, 5.74) is -0.714. The third-order valence-corrected chi connectivity index (χ3v) is 3.37. The Morgan fingerprint density at radius 1 is 1.33 bits per heavy atom. The number of rotatable bonds is 5. The van der Waals surface area contributed by atoms with Crippen LogP contribution in [0, 0.1) is 5.41 Å². The number of alkyl halides is 4. The molecular weight excluding hydrogens is 305 g/mol. The first-order valence-corrected chi connectivity index (χ1v) is 6.98. The molecule has 0 spiro atoms.